The number of benzene rings is 3. The molecule has 3 aromatic rings. The first-order valence-electron chi connectivity index (χ1n) is 8.13. The maximum atomic E-state index is 13.1. The maximum Gasteiger partial charge on any atom is 0.277 e. The zero-order valence-corrected chi connectivity index (χ0v) is 14.5. The molecule has 0 aromatic heterocycles. The van der Waals surface area contributed by atoms with E-state index in [0.717, 1.165) is 10.8 Å². The van der Waals surface area contributed by atoms with Crippen molar-refractivity contribution >= 4 is 28.3 Å². The fourth-order valence-corrected chi connectivity index (χ4v) is 2.80. The third-order valence-electron chi connectivity index (χ3n) is 4.08. The molecule has 0 heterocycles. The number of hydrogen-bond donors (Lipinski definition) is 0. The van der Waals surface area contributed by atoms with Gasteiger partial charge in [-0.25, -0.2) is 0 Å². The topological polar surface area (TPSA) is 63.5 Å². The molecule has 0 aliphatic heterocycles. The number of nitro benzene ring substituents is 1. The van der Waals surface area contributed by atoms with Gasteiger partial charge in [-0.2, -0.15) is 0 Å². The Morgan fingerprint density at radius 1 is 1.00 bits per heavy atom. The van der Waals surface area contributed by atoms with Crippen LogP contribution in [0, 0.1) is 10.1 Å². The van der Waals surface area contributed by atoms with Gasteiger partial charge in [-0.1, -0.05) is 42.5 Å². The van der Waals surface area contributed by atoms with Gasteiger partial charge in [0.15, 0.2) is 5.78 Å². The molecule has 0 radical (unpaired) electrons. The number of fused-ring (bicyclic) bond motifs is 1. The van der Waals surface area contributed by atoms with E-state index >= 15 is 0 Å². The minimum Gasteiger partial charge on any atom is -0.383 e. The second-order valence-corrected chi connectivity index (χ2v) is 6.17. The van der Waals surface area contributed by atoms with Crippen LogP contribution < -0.4 is 0 Å². The van der Waals surface area contributed by atoms with Crippen LogP contribution in [0.3, 0.4) is 0 Å². The average Bonchev–Trinajstić information content (AvgIpc) is 2.64. The van der Waals surface area contributed by atoms with E-state index in [2.05, 4.69) is 0 Å². The fourth-order valence-electron chi connectivity index (χ4n) is 2.80. The van der Waals surface area contributed by atoms with Crippen molar-refractivity contribution in [1.29, 1.82) is 0 Å². The standard InChI is InChI=1S/C21H18N2O3/c1-22(2)13-12-18-19(8-5-9-20(18)23(25)26)21(24)17-11-10-15-6-3-4-7-16(15)14-17/h3-14H,1-2H3/b13-12+. The molecule has 0 spiro atoms. The van der Waals surface area contributed by atoms with Gasteiger partial charge in [-0.15, -0.1) is 0 Å². The summed E-state index contributed by atoms with van der Waals surface area (Å²) >= 11 is 0. The van der Waals surface area contributed by atoms with Crippen LogP contribution in [0.2, 0.25) is 0 Å². The van der Waals surface area contributed by atoms with Crippen LogP contribution in [0.4, 0.5) is 5.69 Å². The highest BCUT2D eigenvalue weighted by molar-refractivity contribution is 6.13. The Kier molecular flexibility index (Phi) is 4.80. The molecule has 0 saturated heterocycles. The van der Waals surface area contributed by atoms with Gasteiger partial charge in [0, 0.05) is 31.3 Å². The van der Waals surface area contributed by atoms with Gasteiger partial charge in [0.05, 0.1) is 10.5 Å². The molecule has 26 heavy (non-hydrogen) atoms. The summed E-state index contributed by atoms with van der Waals surface area (Å²) in [6.07, 6.45) is 3.30. The van der Waals surface area contributed by atoms with Crippen LogP contribution in [0.5, 0.6) is 0 Å². The Hall–Kier alpha value is -3.47. The average molecular weight is 346 g/mol. The Bertz CT molecular complexity index is 1020. The lowest BCUT2D eigenvalue weighted by Crippen LogP contribution is -2.07. The molecule has 0 fully saturated rings. The first-order chi connectivity index (χ1) is 12.5. The van der Waals surface area contributed by atoms with E-state index in [1.165, 1.54) is 6.07 Å². The van der Waals surface area contributed by atoms with E-state index in [0.29, 0.717) is 16.7 Å². The van der Waals surface area contributed by atoms with E-state index in [1.807, 2.05) is 50.5 Å². The van der Waals surface area contributed by atoms with Gasteiger partial charge in [-0.3, -0.25) is 14.9 Å². The lowest BCUT2D eigenvalue weighted by Gasteiger charge is -2.09. The highest BCUT2D eigenvalue weighted by atomic mass is 16.6. The predicted molar refractivity (Wildman–Crippen MR) is 103 cm³/mol. The van der Waals surface area contributed by atoms with Crippen molar-refractivity contribution in [1.82, 2.24) is 4.90 Å². The fraction of sp³-hybridized carbons (Fsp3) is 0.0952. The van der Waals surface area contributed by atoms with Gasteiger partial charge in [0.2, 0.25) is 0 Å². The Morgan fingerprint density at radius 3 is 2.42 bits per heavy atom. The molecule has 0 bridgehead atoms. The minimum atomic E-state index is -0.466. The number of carbonyl (C=O) groups excluding carboxylic acids is 1. The number of carbonyl (C=O) groups is 1. The number of nitro groups is 1. The number of rotatable bonds is 5. The molecule has 3 aromatic carbocycles. The number of ketones is 1. The second kappa shape index (κ2) is 7.19. The minimum absolute atomic E-state index is 0.0882. The van der Waals surface area contributed by atoms with Crippen LogP contribution in [0.25, 0.3) is 16.8 Å². The molecule has 0 unspecified atom stereocenters. The summed E-state index contributed by atoms with van der Waals surface area (Å²) in [4.78, 5) is 25.8. The van der Waals surface area contributed by atoms with Crippen LogP contribution in [0.15, 0.2) is 66.9 Å². The van der Waals surface area contributed by atoms with E-state index in [-0.39, 0.29) is 11.5 Å². The summed E-state index contributed by atoms with van der Waals surface area (Å²) < 4.78 is 0. The lowest BCUT2D eigenvalue weighted by atomic mass is 9.95. The zero-order chi connectivity index (χ0) is 18.7. The van der Waals surface area contributed by atoms with Crippen molar-refractivity contribution in [2.75, 3.05) is 14.1 Å². The molecule has 0 aliphatic rings. The number of nitrogens with zero attached hydrogens (tertiary/aromatic N) is 2. The largest absolute Gasteiger partial charge is 0.383 e. The van der Waals surface area contributed by atoms with Crippen molar-refractivity contribution in [3.63, 3.8) is 0 Å². The van der Waals surface area contributed by atoms with Gasteiger partial charge in [0.1, 0.15) is 0 Å². The third-order valence-corrected chi connectivity index (χ3v) is 4.08. The summed E-state index contributed by atoms with van der Waals surface area (Å²) in [5.74, 6) is -0.238. The summed E-state index contributed by atoms with van der Waals surface area (Å²) in [6, 6.07) is 17.8. The van der Waals surface area contributed by atoms with E-state index in [1.54, 1.807) is 35.4 Å². The first kappa shape index (κ1) is 17.4. The number of hydrogen-bond acceptors (Lipinski definition) is 4. The molecular weight excluding hydrogens is 328 g/mol. The summed E-state index contributed by atoms with van der Waals surface area (Å²) in [5, 5.41) is 13.4. The SMILES string of the molecule is CN(C)/C=C/c1c(C(=O)c2ccc3ccccc3c2)cccc1[N+](=O)[O-]. The quantitative estimate of drug-likeness (QED) is 0.387. The van der Waals surface area contributed by atoms with Crippen molar-refractivity contribution in [2.24, 2.45) is 0 Å². The van der Waals surface area contributed by atoms with Crippen molar-refractivity contribution in [3.8, 4) is 0 Å². The Balaban J connectivity index is 2.13. The summed E-state index contributed by atoms with van der Waals surface area (Å²) in [5.41, 5.74) is 1.04. The molecule has 3 rings (SSSR count). The van der Waals surface area contributed by atoms with Gasteiger partial charge in [-0.05, 0) is 35.2 Å². The highest BCUT2D eigenvalue weighted by Crippen LogP contribution is 2.27. The maximum absolute atomic E-state index is 13.1. The molecule has 0 saturated carbocycles. The molecule has 0 amide bonds. The monoisotopic (exact) mass is 346 g/mol. The summed E-state index contributed by atoms with van der Waals surface area (Å²) in [6.45, 7) is 0. The highest BCUT2D eigenvalue weighted by Gasteiger charge is 2.21. The van der Waals surface area contributed by atoms with Crippen molar-refractivity contribution in [3.05, 3.63) is 93.7 Å². The van der Waals surface area contributed by atoms with Gasteiger partial charge >= 0.3 is 0 Å². The zero-order valence-electron chi connectivity index (χ0n) is 14.5. The van der Waals surface area contributed by atoms with Crippen molar-refractivity contribution < 1.29 is 9.72 Å². The van der Waals surface area contributed by atoms with E-state index in [9.17, 15) is 14.9 Å². The molecule has 5 nitrogen and oxygen atoms in total. The predicted octanol–water partition coefficient (Wildman–Crippen LogP) is 4.51. The van der Waals surface area contributed by atoms with Crippen LogP contribution in [-0.4, -0.2) is 29.7 Å². The molecule has 0 aliphatic carbocycles. The molecule has 0 atom stereocenters. The molecule has 0 N–H and O–H groups in total. The Morgan fingerprint density at radius 2 is 1.73 bits per heavy atom. The van der Waals surface area contributed by atoms with Crippen LogP contribution in [0.1, 0.15) is 21.5 Å². The molecule has 130 valence electrons. The van der Waals surface area contributed by atoms with Crippen LogP contribution >= 0.6 is 0 Å². The smallest absolute Gasteiger partial charge is 0.277 e. The van der Waals surface area contributed by atoms with Crippen LogP contribution in [-0.2, 0) is 0 Å². The Labute approximate surface area is 151 Å². The second-order valence-electron chi connectivity index (χ2n) is 6.17. The molecular formula is C21H18N2O3. The summed E-state index contributed by atoms with van der Waals surface area (Å²) in [7, 11) is 3.63. The van der Waals surface area contributed by atoms with E-state index in [4.69, 9.17) is 0 Å². The van der Waals surface area contributed by atoms with Gasteiger partial charge < -0.3 is 4.90 Å². The van der Waals surface area contributed by atoms with Crippen molar-refractivity contribution in [2.45, 2.75) is 0 Å². The van der Waals surface area contributed by atoms with E-state index < -0.39 is 4.92 Å². The molecule has 5 heteroatoms. The lowest BCUT2D eigenvalue weighted by molar-refractivity contribution is -0.385. The normalized spacial score (nSPS) is 11.0. The first-order valence-corrected chi connectivity index (χ1v) is 8.13. The van der Waals surface area contributed by atoms with Gasteiger partial charge in [0.25, 0.3) is 5.69 Å². The third kappa shape index (κ3) is 3.47.